The standard InChI is InChI=1S/C14H16ClN3O2/c1-17(2)8-6-11-13(19)16-10-5-3-4-9(15)12(10)14(20)18(11)7-8/h3-5,8,11H,6-7H2,1-2H3,(H,16,19)/t8-,11+/m1/s1. The van der Waals surface area contributed by atoms with Gasteiger partial charge in [-0.1, -0.05) is 17.7 Å². The molecule has 0 aromatic heterocycles. The molecule has 106 valence electrons. The maximum Gasteiger partial charge on any atom is 0.258 e. The molecule has 0 bridgehead atoms. The number of nitrogens with zero attached hydrogens (tertiary/aromatic N) is 2. The van der Waals surface area contributed by atoms with Crippen molar-refractivity contribution in [2.45, 2.75) is 18.5 Å². The monoisotopic (exact) mass is 293 g/mol. The molecule has 2 aliphatic rings. The molecule has 20 heavy (non-hydrogen) atoms. The van der Waals surface area contributed by atoms with Gasteiger partial charge in [0.05, 0.1) is 16.3 Å². The lowest BCUT2D eigenvalue weighted by atomic mass is 10.1. The third-order valence-electron chi connectivity index (χ3n) is 4.06. The predicted molar refractivity (Wildman–Crippen MR) is 77.0 cm³/mol. The molecule has 3 rings (SSSR count). The van der Waals surface area contributed by atoms with E-state index in [4.69, 9.17) is 11.6 Å². The third-order valence-corrected chi connectivity index (χ3v) is 4.37. The number of benzene rings is 1. The van der Waals surface area contributed by atoms with E-state index < -0.39 is 6.04 Å². The third kappa shape index (κ3) is 1.98. The fourth-order valence-corrected chi connectivity index (χ4v) is 3.12. The zero-order valence-corrected chi connectivity index (χ0v) is 12.1. The number of likely N-dealkylation sites (N-methyl/N-ethyl adjacent to an activating group) is 1. The van der Waals surface area contributed by atoms with Gasteiger partial charge in [-0.3, -0.25) is 9.59 Å². The summed E-state index contributed by atoms with van der Waals surface area (Å²) in [7, 11) is 3.92. The van der Waals surface area contributed by atoms with Gasteiger partial charge in [0, 0.05) is 12.6 Å². The molecule has 5 nitrogen and oxygen atoms in total. The van der Waals surface area contributed by atoms with Crippen LogP contribution in [-0.2, 0) is 4.79 Å². The number of anilines is 1. The van der Waals surface area contributed by atoms with Gasteiger partial charge < -0.3 is 15.1 Å². The van der Waals surface area contributed by atoms with Gasteiger partial charge in [0.15, 0.2) is 0 Å². The molecular weight excluding hydrogens is 278 g/mol. The highest BCUT2D eigenvalue weighted by Crippen LogP contribution is 2.33. The van der Waals surface area contributed by atoms with Crippen LogP contribution in [0.1, 0.15) is 16.8 Å². The molecule has 0 unspecified atom stereocenters. The highest BCUT2D eigenvalue weighted by molar-refractivity contribution is 6.35. The lowest BCUT2D eigenvalue weighted by molar-refractivity contribution is -0.119. The fourth-order valence-electron chi connectivity index (χ4n) is 2.87. The summed E-state index contributed by atoms with van der Waals surface area (Å²) < 4.78 is 0. The number of halogens is 1. The molecule has 0 radical (unpaired) electrons. The van der Waals surface area contributed by atoms with Gasteiger partial charge in [0.2, 0.25) is 5.91 Å². The first-order chi connectivity index (χ1) is 9.49. The maximum atomic E-state index is 12.7. The molecule has 1 aromatic rings. The molecule has 1 fully saturated rings. The normalized spacial score (nSPS) is 25.3. The van der Waals surface area contributed by atoms with Crippen LogP contribution in [0.5, 0.6) is 0 Å². The minimum atomic E-state index is -0.418. The van der Waals surface area contributed by atoms with Crippen LogP contribution in [0.4, 0.5) is 5.69 Å². The number of carbonyl (C=O) groups excluding carboxylic acids is 2. The van der Waals surface area contributed by atoms with Gasteiger partial charge in [0.1, 0.15) is 6.04 Å². The first-order valence-electron chi connectivity index (χ1n) is 6.56. The van der Waals surface area contributed by atoms with Crippen molar-refractivity contribution in [2.24, 2.45) is 0 Å². The lowest BCUT2D eigenvalue weighted by Gasteiger charge is -2.21. The summed E-state index contributed by atoms with van der Waals surface area (Å²) in [6.45, 7) is 0.550. The summed E-state index contributed by atoms with van der Waals surface area (Å²) in [6.07, 6.45) is 0.649. The van der Waals surface area contributed by atoms with Gasteiger partial charge in [-0.05, 0) is 32.6 Å². The van der Waals surface area contributed by atoms with E-state index in [1.54, 1.807) is 23.1 Å². The van der Waals surface area contributed by atoms with Crippen molar-refractivity contribution in [3.05, 3.63) is 28.8 Å². The van der Waals surface area contributed by atoms with Crippen LogP contribution in [0.15, 0.2) is 18.2 Å². The number of rotatable bonds is 1. The van der Waals surface area contributed by atoms with E-state index in [-0.39, 0.29) is 17.9 Å². The Kier molecular flexibility index (Phi) is 3.18. The molecule has 2 heterocycles. The molecule has 0 saturated carbocycles. The Labute approximate surface area is 122 Å². The van der Waals surface area contributed by atoms with E-state index in [1.165, 1.54) is 0 Å². The topological polar surface area (TPSA) is 52.7 Å². The summed E-state index contributed by atoms with van der Waals surface area (Å²) >= 11 is 6.14. The van der Waals surface area contributed by atoms with E-state index in [9.17, 15) is 9.59 Å². The number of hydrogen-bond acceptors (Lipinski definition) is 3. The second-order valence-corrected chi connectivity index (χ2v) is 5.89. The molecule has 2 aliphatic heterocycles. The highest BCUT2D eigenvalue weighted by Gasteiger charge is 2.43. The molecule has 0 spiro atoms. The summed E-state index contributed by atoms with van der Waals surface area (Å²) in [5.74, 6) is -0.304. The SMILES string of the molecule is CN(C)[C@@H]1C[C@H]2C(=O)Nc3cccc(Cl)c3C(=O)N2C1. The van der Waals surface area contributed by atoms with Gasteiger partial charge in [-0.15, -0.1) is 0 Å². The molecular formula is C14H16ClN3O2. The molecule has 1 aromatic carbocycles. The molecule has 2 atom stereocenters. The molecule has 1 saturated heterocycles. The van der Waals surface area contributed by atoms with Crippen LogP contribution in [0.3, 0.4) is 0 Å². The Bertz CT molecular complexity index is 588. The van der Waals surface area contributed by atoms with Gasteiger partial charge in [-0.2, -0.15) is 0 Å². The van der Waals surface area contributed by atoms with Crippen molar-refractivity contribution in [2.75, 3.05) is 26.0 Å². The van der Waals surface area contributed by atoms with Crippen molar-refractivity contribution >= 4 is 29.1 Å². The van der Waals surface area contributed by atoms with E-state index in [2.05, 4.69) is 5.32 Å². The van der Waals surface area contributed by atoms with Crippen LogP contribution in [0.25, 0.3) is 0 Å². The smallest absolute Gasteiger partial charge is 0.258 e. The summed E-state index contributed by atoms with van der Waals surface area (Å²) in [4.78, 5) is 28.7. The van der Waals surface area contributed by atoms with E-state index in [1.807, 2.05) is 19.0 Å². The predicted octanol–water partition coefficient (Wildman–Crippen LogP) is 1.44. The average Bonchev–Trinajstić information content (AvgIpc) is 2.79. The number of amides is 2. The van der Waals surface area contributed by atoms with Gasteiger partial charge >= 0.3 is 0 Å². The summed E-state index contributed by atoms with van der Waals surface area (Å²) in [5.41, 5.74) is 0.896. The Hall–Kier alpha value is -1.59. The van der Waals surface area contributed by atoms with Crippen molar-refractivity contribution in [1.29, 1.82) is 0 Å². The molecule has 0 aliphatic carbocycles. The average molecular weight is 294 g/mol. The second-order valence-electron chi connectivity index (χ2n) is 5.48. The van der Waals surface area contributed by atoms with Crippen LogP contribution in [-0.4, -0.2) is 54.3 Å². The van der Waals surface area contributed by atoms with E-state index in [0.717, 1.165) is 0 Å². The van der Waals surface area contributed by atoms with Crippen LogP contribution in [0.2, 0.25) is 5.02 Å². The van der Waals surface area contributed by atoms with Gasteiger partial charge in [-0.25, -0.2) is 0 Å². The van der Waals surface area contributed by atoms with Crippen molar-refractivity contribution in [3.63, 3.8) is 0 Å². The Morgan fingerprint density at radius 3 is 2.80 bits per heavy atom. The highest BCUT2D eigenvalue weighted by atomic mass is 35.5. The van der Waals surface area contributed by atoms with Crippen molar-refractivity contribution in [1.82, 2.24) is 9.80 Å². The maximum absolute atomic E-state index is 12.7. The zero-order chi connectivity index (χ0) is 14.4. The quantitative estimate of drug-likeness (QED) is 0.852. The number of carbonyl (C=O) groups is 2. The van der Waals surface area contributed by atoms with E-state index in [0.29, 0.717) is 29.2 Å². The Morgan fingerprint density at radius 1 is 1.35 bits per heavy atom. The summed E-state index contributed by atoms with van der Waals surface area (Å²) in [5, 5.41) is 3.20. The first-order valence-corrected chi connectivity index (χ1v) is 6.93. The Balaban J connectivity index is 2.04. The second kappa shape index (κ2) is 4.75. The summed E-state index contributed by atoms with van der Waals surface area (Å²) in [6, 6.07) is 4.89. The van der Waals surface area contributed by atoms with Gasteiger partial charge in [0.25, 0.3) is 5.91 Å². The zero-order valence-electron chi connectivity index (χ0n) is 11.4. The fraction of sp³-hybridized carbons (Fsp3) is 0.429. The first kappa shape index (κ1) is 13.4. The number of hydrogen-bond donors (Lipinski definition) is 1. The largest absolute Gasteiger partial charge is 0.325 e. The molecule has 6 heteroatoms. The molecule has 2 amide bonds. The minimum Gasteiger partial charge on any atom is -0.325 e. The number of fused-ring (bicyclic) bond motifs is 2. The minimum absolute atomic E-state index is 0.135. The van der Waals surface area contributed by atoms with E-state index >= 15 is 0 Å². The lowest BCUT2D eigenvalue weighted by Crippen LogP contribution is -2.40. The van der Waals surface area contributed by atoms with Crippen LogP contribution < -0.4 is 5.32 Å². The Morgan fingerprint density at radius 2 is 2.10 bits per heavy atom. The van der Waals surface area contributed by atoms with Crippen molar-refractivity contribution in [3.8, 4) is 0 Å². The molecule has 1 N–H and O–H groups in total. The van der Waals surface area contributed by atoms with Crippen LogP contribution >= 0.6 is 11.6 Å². The van der Waals surface area contributed by atoms with Crippen LogP contribution in [0, 0.1) is 0 Å². The number of nitrogens with one attached hydrogen (secondary N) is 1. The van der Waals surface area contributed by atoms with Crippen molar-refractivity contribution < 1.29 is 9.59 Å².